The van der Waals surface area contributed by atoms with Crippen molar-refractivity contribution < 1.29 is 24.3 Å². The molecule has 1 aliphatic rings. The summed E-state index contributed by atoms with van der Waals surface area (Å²) in [6, 6.07) is 5.23. The summed E-state index contributed by atoms with van der Waals surface area (Å²) < 4.78 is 0. The zero-order chi connectivity index (χ0) is 24.0. The lowest BCUT2D eigenvalue weighted by molar-refractivity contribution is -0.141. The molecule has 0 saturated carbocycles. The smallest absolute Gasteiger partial charge is 0.326 e. The number of carbonyl (C=O) groups is 4. The number of aromatic nitrogens is 1. The second kappa shape index (κ2) is 11.0. The molecule has 0 spiro atoms. The first-order valence-electron chi connectivity index (χ1n) is 11.1. The normalized spacial score (nSPS) is 17.5. The maximum Gasteiger partial charge on any atom is 0.326 e. The van der Waals surface area contributed by atoms with Crippen molar-refractivity contribution in [2.75, 3.05) is 13.1 Å². The molecule has 3 unspecified atom stereocenters. The Morgan fingerprint density at radius 3 is 2.58 bits per heavy atom. The number of aliphatic carboxylic acids is 1. The highest BCUT2D eigenvalue weighted by Crippen LogP contribution is 2.19. The Bertz CT molecular complexity index is 1010. The zero-order valence-electron chi connectivity index (χ0n) is 18.8. The van der Waals surface area contributed by atoms with Crippen LogP contribution in [0.1, 0.15) is 32.3 Å². The van der Waals surface area contributed by atoms with E-state index < -0.39 is 36.4 Å². The SMILES string of the molecule is CC(C)C(NC(=O)C1CCCN1)C(=O)NCC(=O)NC(Cc1c[nH]c2ccccc12)C(=O)O. The van der Waals surface area contributed by atoms with Crippen LogP contribution in [0.15, 0.2) is 30.5 Å². The van der Waals surface area contributed by atoms with Gasteiger partial charge in [0.1, 0.15) is 12.1 Å². The Morgan fingerprint density at radius 2 is 1.91 bits per heavy atom. The first kappa shape index (κ1) is 24.2. The summed E-state index contributed by atoms with van der Waals surface area (Å²) in [7, 11) is 0. The van der Waals surface area contributed by atoms with Crippen LogP contribution in [0.4, 0.5) is 0 Å². The van der Waals surface area contributed by atoms with E-state index in [4.69, 9.17) is 0 Å². The number of benzene rings is 1. The standard InChI is InChI=1S/C23H31N5O5/c1-13(2)20(28-21(30)17-8-5-9-24-17)22(31)26-12-19(29)27-18(23(32)33)10-14-11-25-16-7-4-3-6-15(14)16/h3-4,6-7,11,13,17-18,20,24-25H,5,8-10,12H2,1-2H3,(H,26,31)(H,27,29)(H,28,30)(H,32,33). The lowest BCUT2D eigenvalue weighted by Crippen LogP contribution is -2.55. The number of H-pyrrole nitrogens is 1. The third kappa shape index (κ3) is 6.32. The van der Waals surface area contributed by atoms with Gasteiger partial charge in [-0.05, 0) is 36.9 Å². The second-order valence-electron chi connectivity index (χ2n) is 8.62. The van der Waals surface area contributed by atoms with E-state index in [2.05, 4.69) is 26.3 Å². The molecular weight excluding hydrogens is 426 g/mol. The van der Waals surface area contributed by atoms with Crippen LogP contribution < -0.4 is 21.3 Å². The maximum atomic E-state index is 12.6. The molecule has 2 heterocycles. The maximum absolute atomic E-state index is 12.6. The molecule has 3 amide bonds. The van der Waals surface area contributed by atoms with Gasteiger partial charge < -0.3 is 31.4 Å². The predicted molar refractivity (Wildman–Crippen MR) is 122 cm³/mol. The summed E-state index contributed by atoms with van der Waals surface area (Å²) in [5, 5.41) is 21.3. The highest BCUT2D eigenvalue weighted by molar-refractivity contribution is 5.93. The van der Waals surface area contributed by atoms with Gasteiger partial charge >= 0.3 is 5.97 Å². The van der Waals surface area contributed by atoms with Crippen LogP contribution in [0.5, 0.6) is 0 Å². The first-order chi connectivity index (χ1) is 15.8. The summed E-state index contributed by atoms with van der Waals surface area (Å²) in [6.07, 6.45) is 3.44. The molecular formula is C23H31N5O5. The Hall–Kier alpha value is -3.40. The summed E-state index contributed by atoms with van der Waals surface area (Å²) in [4.78, 5) is 52.2. The minimum absolute atomic E-state index is 0.0953. The highest BCUT2D eigenvalue weighted by atomic mass is 16.4. The van der Waals surface area contributed by atoms with E-state index in [0.717, 1.165) is 29.4 Å². The molecule has 33 heavy (non-hydrogen) atoms. The summed E-state index contributed by atoms with van der Waals surface area (Å²) in [6.45, 7) is 3.97. The number of hydrogen-bond acceptors (Lipinski definition) is 5. The molecule has 0 radical (unpaired) electrons. The van der Waals surface area contributed by atoms with Crippen molar-refractivity contribution in [3.8, 4) is 0 Å². The van der Waals surface area contributed by atoms with E-state index in [1.165, 1.54) is 0 Å². The molecule has 1 aromatic heterocycles. The van der Waals surface area contributed by atoms with E-state index >= 15 is 0 Å². The summed E-state index contributed by atoms with van der Waals surface area (Å²) in [5.41, 5.74) is 1.65. The minimum atomic E-state index is -1.17. The van der Waals surface area contributed by atoms with Crippen molar-refractivity contribution in [2.24, 2.45) is 5.92 Å². The number of nitrogens with one attached hydrogen (secondary N) is 5. The lowest BCUT2D eigenvalue weighted by Gasteiger charge is -2.23. The van der Waals surface area contributed by atoms with E-state index in [-0.39, 0.29) is 24.3 Å². The van der Waals surface area contributed by atoms with Crippen LogP contribution in [0.2, 0.25) is 0 Å². The Balaban J connectivity index is 1.54. The van der Waals surface area contributed by atoms with E-state index in [0.29, 0.717) is 6.42 Å². The third-order valence-electron chi connectivity index (χ3n) is 5.78. The van der Waals surface area contributed by atoms with E-state index in [1.54, 1.807) is 20.0 Å². The summed E-state index contributed by atoms with van der Waals surface area (Å²) >= 11 is 0. The van der Waals surface area contributed by atoms with Gasteiger partial charge in [0.25, 0.3) is 0 Å². The van der Waals surface area contributed by atoms with Gasteiger partial charge in [-0.15, -0.1) is 0 Å². The van der Waals surface area contributed by atoms with Crippen molar-refractivity contribution in [3.05, 3.63) is 36.0 Å². The molecule has 1 aliphatic heterocycles. The van der Waals surface area contributed by atoms with Crippen LogP contribution in [0, 0.1) is 5.92 Å². The Morgan fingerprint density at radius 1 is 1.15 bits per heavy atom. The van der Waals surface area contributed by atoms with Crippen LogP contribution in [-0.4, -0.2) is 65.0 Å². The molecule has 0 aliphatic carbocycles. The molecule has 1 saturated heterocycles. The molecule has 2 aromatic rings. The van der Waals surface area contributed by atoms with E-state index in [1.807, 2.05) is 24.3 Å². The number of hydrogen-bond donors (Lipinski definition) is 6. The number of carbonyl (C=O) groups excluding carboxylic acids is 3. The Labute approximate surface area is 191 Å². The number of carboxylic acids is 1. The molecule has 10 nitrogen and oxygen atoms in total. The van der Waals surface area contributed by atoms with Crippen molar-refractivity contribution in [1.82, 2.24) is 26.3 Å². The number of amides is 3. The van der Waals surface area contributed by atoms with Gasteiger partial charge in [-0.1, -0.05) is 32.0 Å². The zero-order valence-corrected chi connectivity index (χ0v) is 18.8. The fourth-order valence-corrected chi connectivity index (χ4v) is 3.94. The number of para-hydroxylation sites is 1. The number of fused-ring (bicyclic) bond motifs is 1. The van der Waals surface area contributed by atoms with E-state index in [9.17, 15) is 24.3 Å². The molecule has 1 fully saturated rings. The first-order valence-corrected chi connectivity index (χ1v) is 11.1. The molecule has 10 heteroatoms. The van der Waals surface area contributed by atoms with Crippen LogP contribution >= 0.6 is 0 Å². The number of rotatable bonds is 10. The van der Waals surface area contributed by atoms with Crippen molar-refractivity contribution in [2.45, 2.75) is 51.2 Å². The monoisotopic (exact) mass is 457 g/mol. The quantitative estimate of drug-likeness (QED) is 0.302. The van der Waals surface area contributed by atoms with Crippen LogP contribution in [0.3, 0.4) is 0 Å². The topological polar surface area (TPSA) is 152 Å². The average molecular weight is 458 g/mol. The third-order valence-corrected chi connectivity index (χ3v) is 5.78. The van der Waals surface area contributed by atoms with Gasteiger partial charge in [-0.3, -0.25) is 14.4 Å². The summed E-state index contributed by atoms with van der Waals surface area (Å²) in [5.74, 6) is -2.71. The number of aromatic amines is 1. The fourth-order valence-electron chi connectivity index (χ4n) is 3.94. The Kier molecular flexibility index (Phi) is 8.05. The molecule has 3 rings (SSSR count). The van der Waals surface area contributed by atoms with Crippen LogP contribution in [-0.2, 0) is 25.6 Å². The minimum Gasteiger partial charge on any atom is -0.480 e. The number of carboxylic acid groups (broad SMARTS) is 1. The average Bonchev–Trinajstić information content (AvgIpc) is 3.45. The van der Waals surface area contributed by atoms with Crippen LogP contribution in [0.25, 0.3) is 10.9 Å². The van der Waals surface area contributed by atoms with Gasteiger partial charge in [0, 0.05) is 23.5 Å². The molecule has 3 atom stereocenters. The molecule has 178 valence electrons. The second-order valence-corrected chi connectivity index (χ2v) is 8.62. The molecule has 0 bridgehead atoms. The van der Waals surface area contributed by atoms with Gasteiger partial charge in [-0.25, -0.2) is 4.79 Å². The predicted octanol–water partition coefficient (Wildman–Crippen LogP) is 0.289. The van der Waals surface area contributed by atoms with Gasteiger partial charge in [0.05, 0.1) is 12.6 Å². The van der Waals surface area contributed by atoms with Crippen molar-refractivity contribution in [1.29, 1.82) is 0 Å². The lowest BCUT2D eigenvalue weighted by atomic mass is 10.0. The molecule has 1 aromatic carbocycles. The largest absolute Gasteiger partial charge is 0.480 e. The van der Waals surface area contributed by atoms with Gasteiger partial charge in [0.2, 0.25) is 17.7 Å². The van der Waals surface area contributed by atoms with Gasteiger partial charge in [-0.2, -0.15) is 0 Å². The van der Waals surface area contributed by atoms with Crippen molar-refractivity contribution >= 4 is 34.6 Å². The molecule has 6 N–H and O–H groups in total. The van der Waals surface area contributed by atoms with Gasteiger partial charge in [0.15, 0.2) is 0 Å². The fraction of sp³-hybridized carbons (Fsp3) is 0.478. The highest BCUT2D eigenvalue weighted by Gasteiger charge is 2.29. The van der Waals surface area contributed by atoms with Crippen molar-refractivity contribution in [3.63, 3.8) is 0 Å².